The van der Waals surface area contributed by atoms with Crippen LogP contribution in [0.1, 0.15) is 49.3 Å². The molecule has 8 aromatic rings. The van der Waals surface area contributed by atoms with Gasteiger partial charge < -0.3 is 29.2 Å². The van der Waals surface area contributed by atoms with Gasteiger partial charge in [0.1, 0.15) is 35.2 Å². The number of benzene rings is 7. The van der Waals surface area contributed by atoms with E-state index in [1.807, 2.05) is 66.7 Å². The molecule has 1 fully saturated rings. The lowest BCUT2D eigenvalue weighted by atomic mass is 9.94. The summed E-state index contributed by atoms with van der Waals surface area (Å²) in [6, 6.07) is 49.5. The molecule has 1 aromatic heterocycles. The number of aromatic hydroxyl groups is 2. The van der Waals surface area contributed by atoms with Gasteiger partial charge in [-0.3, -0.25) is 0 Å². The third-order valence-corrected chi connectivity index (χ3v) is 12.4. The lowest BCUT2D eigenvalue weighted by Gasteiger charge is -2.31. The number of rotatable bonds is 8. The molecule has 0 spiro atoms. The number of anilines is 2. The summed E-state index contributed by atoms with van der Waals surface area (Å²) < 4.78 is 16.0. The van der Waals surface area contributed by atoms with Crippen molar-refractivity contribution in [2.75, 3.05) is 11.4 Å². The Balaban J connectivity index is 0.00000173. The van der Waals surface area contributed by atoms with Crippen LogP contribution in [0.5, 0.6) is 23.0 Å². The largest absolute Gasteiger partial charge is 0.505 e. The zero-order valence-corrected chi connectivity index (χ0v) is 37.2. The molecule has 10 rings (SSSR count). The number of ether oxygens (including phenoxy) is 2. The number of phenols is 2. The van der Waals surface area contributed by atoms with E-state index < -0.39 is 0 Å². The zero-order valence-electron chi connectivity index (χ0n) is 37.2. The van der Waals surface area contributed by atoms with Gasteiger partial charge in [-0.25, -0.2) is 0 Å². The van der Waals surface area contributed by atoms with Crippen LogP contribution in [-0.4, -0.2) is 33.5 Å². The second-order valence-corrected chi connectivity index (χ2v) is 17.0. The molecule has 0 amide bonds. The molecule has 2 heterocycles. The Bertz CT molecular complexity index is 3060. The van der Waals surface area contributed by atoms with Gasteiger partial charge in [0.25, 0.3) is 0 Å². The average molecular weight is 855 g/mol. The SMILES string of the molecule is C#CC.Cc1cc(-c2ccccc2OC2CCCC(Oc3ccccc3-c3cc(C)cc(-n4c5ccccc5c5ccccc54)c3O)C2)c(O)c(N2C/C=C\C=C/Cc3ccccc32)c1. The molecule has 7 aromatic carbocycles. The first-order chi connectivity index (χ1) is 31.8. The van der Waals surface area contributed by atoms with Crippen LogP contribution in [0, 0.1) is 26.2 Å². The van der Waals surface area contributed by atoms with E-state index in [4.69, 9.17) is 9.47 Å². The highest BCUT2D eigenvalue weighted by Gasteiger charge is 2.28. The Morgan fingerprint density at radius 2 is 1.06 bits per heavy atom. The first-order valence-electron chi connectivity index (χ1n) is 22.5. The molecule has 0 radical (unpaired) electrons. The standard InChI is InChI=1S/C56H50N2O4.C3H4/c1-37-32-46(55(59)51(34-37)57-31-16-4-3-5-18-39-19-6-11-26-48(39)57)44-24-9-14-29-53(44)61-40-20-17-21-41(36-40)62-54-30-15-10-25-45(54)47-33-38(2)35-52(56(47)60)58-49-27-12-7-22-42(49)43-23-8-13-28-50(43)58;1-3-2/h3-16,19,22-30,32-35,40-41,59-60H,17-18,20-21,31,36H2,1-2H3;1H,2H3/b5-3-,16-4-;. The second-order valence-electron chi connectivity index (χ2n) is 17.0. The topological polar surface area (TPSA) is 67.1 Å². The quantitative estimate of drug-likeness (QED) is 0.149. The summed E-state index contributed by atoms with van der Waals surface area (Å²) in [5, 5.41) is 26.6. The fourth-order valence-electron chi connectivity index (χ4n) is 9.54. The summed E-state index contributed by atoms with van der Waals surface area (Å²) in [7, 11) is 0. The van der Waals surface area contributed by atoms with Crippen molar-refractivity contribution in [3.8, 4) is 63.3 Å². The molecule has 1 saturated carbocycles. The fourth-order valence-corrected chi connectivity index (χ4v) is 9.54. The molecular formula is C59H54N2O4. The van der Waals surface area contributed by atoms with Gasteiger partial charge in [0.2, 0.25) is 0 Å². The summed E-state index contributed by atoms with van der Waals surface area (Å²) in [5.74, 6) is 4.16. The molecule has 0 saturated heterocycles. The van der Waals surface area contributed by atoms with Crippen LogP contribution in [0.15, 0.2) is 170 Å². The Morgan fingerprint density at radius 1 is 0.569 bits per heavy atom. The van der Waals surface area contributed by atoms with E-state index in [2.05, 4.69) is 139 Å². The molecule has 2 atom stereocenters. The number of hydrogen-bond acceptors (Lipinski definition) is 5. The minimum atomic E-state index is -0.0939. The van der Waals surface area contributed by atoms with Crippen molar-refractivity contribution < 1.29 is 19.7 Å². The van der Waals surface area contributed by atoms with Crippen LogP contribution in [0.4, 0.5) is 11.4 Å². The number of allylic oxidation sites excluding steroid dienone is 3. The zero-order chi connectivity index (χ0) is 44.9. The maximum absolute atomic E-state index is 12.2. The molecule has 6 nitrogen and oxygen atoms in total. The summed E-state index contributed by atoms with van der Waals surface area (Å²) in [6.45, 7) is 6.43. The van der Waals surface area contributed by atoms with Crippen LogP contribution < -0.4 is 14.4 Å². The van der Waals surface area contributed by atoms with E-state index in [0.29, 0.717) is 13.0 Å². The molecule has 2 aliphatic rings. The van der Waals surface area contributed by atoms with Crippen molar-refractivity contribution in [2.45, 2.75) is 65.1 Å². The number of terminal acetylenes is 1. The first kappa shape index (κ1) is 42.7. The van der Waals surface area contributed by atoms with E-state index in [0.717, 1.165) is 109 Å². The molecule has 1 aliphatic heterocycles. The van der Waals surface area contributed by atoms with Crippen LogP contribution >= 0.6 is 0 Å². The first-order valence-corrected chi connectivity index (χ1v) is 22.5. The summed E-state index contributed by atoms with van der Waals surface area (Å²) in [4.78, 5) is 2.21. The van der Waals surface area contributed by atoms with Gasteiger partial charge in [-0.1, -0.05) is 115 Å². The van der Waals surface area contributed by atoms with Crippen LogP contribution in [0.2, 0.25) is 0 Å². The van der Waals surface area contributed by atoms with Gasteiger partial charge in [-0.05, 0) is 118 Å². The third-order valence-electron chi connectivity index (χ3n) is 12.4. The Kier molecular flexibility index (Phi) is 12.5. The smallest absolute Gasteiger partial charge is 0.147 e. The van der Waals surface area contributed by atoms with Crippen molar-refractivity contribution in [3.05, 3.63) is 187 Å². The number of aromatic nitrogens is 1. The van der Waals surface area contributed by atoms with Crippen molar-refractivity contribution >= 4 is 33.2 Å². The van der Waals surface area contributed by atoms with Gasteiger partial charge in [-0.2, -0.15) is 0 Å². The van der Waals surface area contributed by atoms with Crippen molar-refractivity contribution in [1.29, 1.82) is 0 Å². The number of fused-ring (bicyclic) bond motifs is 4. The maximum atomic E-state index is 12.2. The summed E-state index contributed by atoms with van der Waals surface area (Å²) in [5.41, 5.74) is 11.1. The monoisotopic (exact) mass is 854 g/mol. The van der Waals surface area contributed by atoms with Gasteiger partial charge in [0, 0.05) is 51.7 Å². The van der Waals surface area contributed by atoms with Gasteiger partial charge in [0.05, 0.1) is 22.4 Å². The van der Waals surface area contributed by atoms with Crippen LogP contribution in [0.3, 0.4) is 0 Å². The van der Waals surface area contributed by atoms with Crippen LogP contribution in [-0.2, 0) is 6.42 Å². The number of hydrogen-bond donors (Lipinski definition) is 2. The lowest BCUT2D eigenvalue weighted by Crippen LogP contribution is -2.32. The average Bonchev–Trinajstić information content (AvgIpc) is 3.70. The van der Waals surface area contributed by atoms with Crippen molar-refractivity contribution in [3.63, 3.8) is 0 Å². The minimum Gasteiger partial charge on any atom is -0.505 e. The Morgan fingerprint density at radius 3 is 1.68 bits per heavy atom. The third kappa shape index (κ3) is 8.71. The predicted molar refractivity (Wildman–Crippen MR) is 268 cm³/mol. The fraction of sp³-hybridized carbons (Fsp3) is 0.186. The van der Waals surface area contributed by atoms with Gasteiger partial charge in [0.15, 0.2) is 0 Å². The molecule has 324 valence electrons. The molecule has 1 aliphatic carbocycles. The molecule has 2 unspecified atom stereocenters. The summed E-state index contributed by atoms with van der Waals surface area (Å²) in [6.07, 6.45) is 17.1. The number of phenolic OH excluding ortho intramolecular Hbond substituents is 2. The van der Waals surface area contributed by atoms with Crippen molar-refractivity contribution in [2.24, 2.45) is 0 Å². The molecule has 6 heteroatoms. The number of para-hydroxylation sites is 5. The predicted octanol–water partition coefficient (Wildman–Crippen LogP) is 14.4. The van der Waals surface area contributed by atoms with E-state index >= 15 is 0 Å². The molecule has 2 N–H and O–H groups in total. The summed E-state index contributed by atoms with van der Waals surface area (Å²) >= 11 is 0. The Labute approximate surface area is 382 Å². The maximum Gasteiger partial charge on any atom is 0.147 e. The van der Waals surface area contributed by atoms with E-state index in [1.165, 1.54) is 5.56 Å². The van der Waals surface area contributed by atoms with E-state index in [-0.39, 0.29) is 23.7 Å². The van der Waals surface area contributed by atoms with Gasteiger partial charge in [-0.15, -0.1) is 12.3 Å². The van der Waals surface area contributed by atoms with Crippen molar-refractivity contribution in [1.82, 2.24) is 4.57 Å². The van der Waals surface area contributed by atoms with E-state index in [9.17, 15) is 10.2 Å². The minimum absolute atomic E-state index is 0.0922. The highest BCUT2D eigenvalue weighted by Crippen LogP contribution is 2.47. The molecular weight excluding hydrogens is 801 g/mol. The van der Waals surface area contributed by atoms with Gasteiger partial charge >= 0.3 is 0 Å². The highest BCUT2D eigenvalue weighted by atomic mass is 16.5. The van der Waals surface area contributed by atoms with E-state index in [1.54, 1.807) is 6.92 Å². The number of aryl methyl sites for hydroxylation is 2. The Hall–Kier alpha value is -7.62. The highest BCUT2D eigenvalue weighted by molar-refractivity contribution is 6.09. The molecule has 65 heavy (non-hydrogen) atoms. The van der Waals surface area contributed by atoms with Crippen LogP contribution in [0.25, 0.3) is 49.7 Å². The number of nitrogens with zero attached hydrogens (tertiary/aromatic N) is 2. The second kappa shape index (κ2) is 19.0. The lowest BCUT2D eigenvalue weighted by molar-refractivity contribution is 0.0686. The normalized spacial score (nSPS) is 16.8. The molecule has 0 bridgehead atoms.